The number of halogens is 2. The summed E-state index contributed by atoms with van der Waals surface area (Å²) >= 11 is 0. The molecule has 5 heteroatoms. The smallest absolute Gasteiger partial charge is 0.387 e. The Hall–Kier alpha value is -2.17. The Morgan fingerprint density at radius 2 is 2.00 bits per heavy atom. The summed E-state index contributed by atoms with van der Waals surface area (Å²) in [5.41, 5.74) is 2.44. The van der Waals surface area contributed by atoms with Crippen LogP contribution in [0.15, 0.2) is 42.6 Å². The number of hydrogen-bond acceptors (Lipinski definition) is 3. The molecule has 19 heavy (non-hydrogen) atoms. The summed E-state index contributed by atoms with van der Waals surface area (Å²) in [7, 11) is 0. The van der Waals surface area contributed by atoms with Crippen molar-refractivity contribution in [2.75, 3.05) is 5.32 Å². The Kier molecular flexibility index (Phi) is 4.28. The standard InChI is InChI=1S/C14H14F2N2O/c1-10-6-7-11(8-17-10)9-18-12-4-2-3-5-13(12)19-14(15)16/h2-8,14,18H,9H2,1H3. The molecule has 0 aliphatic rings. The lowest BCUT2D eigenvalue weighted by atomic mass is 10.2. The predicted octanol–water partition coefficient (Wildman–Crippen LogP) is 3.60. The maximum absolute atomic E-state index is 12.2. The number of hydrogen-bond donors (Lipinski definition) is 1. The maximum atomic E-state index is 12.2. The first-order valence-corrected chi connectivity index (χ1v) is 5.84. The Morgan fingerprint density at radius 1 is 1.21 bits per heavy atom. The lowest BCUT2D eigenvalue weighted by molar-refractivity contribution is -0.0493. The van der Waals surface area contributed by atoms with Gasteiger partial charge in [0.2, 0.25) is 0 Å². The van der Waals surface area contributed by atoms with Gasteiger partial charge in [0.15, 0.2) is 0 Å². The highest BCUT2D eigenvalue weighted by molar-refractivity contribution is 5.56. The SMILES string of the molecule is Cc1ccc(CNc2ccccc2OC(F)F)cn1. The zero-order valence-electron chi connectivity index (χ0n) is 10.4. The fraction of sp³-hybridized carbons (Fsp3) is 0.214. The second-order valence-corrected chi connectivity index (χ2v) is 4.04. The molecular weight excluding hydrogens is 250 g/mol. The Morgan fingerprint density at radius 3 is 2.68 bits per heavy atom. The van der Waals surface area contributed by atoms with Gasteiger partial charge >= 0.3 is 6.61 Å². The molecule has 0 saturated carbocycles. The summed E-state index contributed by atoms with van der Waals surface area (Å²) < 4.78 is 28.9. The molecule has 0 aliphatic heterocycles. The summed E-state index contributed by atoms with van der Waals surface area (Å²) in [6.07, 6.45) is 1.75. The molecule has 0 radical (unpaired) electrons. The molecular formula is C14H14F2N2O. The number of aryl methyl sites for hydroxylation is 1. The molecule has 0 amide bonds. The van der Waals surface area contributed by atoms with Gasteiger partial charge < -0.3 is 10.1 Å². The summed E-state index contributed by atoms with van der Waals surface area (Å²) in [4.78, 5) is 4.17. The molecule has 0 atom stereocenters. The monoisotopic (exact) mass is 264 g/mol. The van der Waals surface area contributed by atoms with Gasteiger partial charge in [-0.05, 0) is 30.7 Å². The number of rotatable bonds is 5. The number of anilines is 1. The van der Waals surface area contributed by atoms with Crippen LogP contribution in [-0.2, 0) is 6.54 Å². The first-order chi connectivity index (χ1) is 9.15. The average Bonchev–Trinajstić information content (AvgIpc) is 2.39. The molecule has 2 aromatic rings. The quantitative estimate of drug-likeness (QED) is 0.895. The first kappa shape index (κ1) is 13.3. The highest BCUT2D eigenvalue weighted by Gasteiger charge is 2.08. The molecule has 1 aromatic carbocycles. The van der Waals surface area contributed by atoms with Gasteiger partial charge in [0.05, 0.1) is 5.69 Å². The van der Waals surface area contributed by atoms with Crippen LogP contribution < -0.4 is 10.1 Å². The number of aromatic nitrogens is 1. The van der Waals surface area contributed by atoms with Crippen LogP contribution in [0.2, 0.25) is 0 Å². The number of benzene rings is 1. The van der Waals surface area contributed by atoms with Gasteiger partial charge in [0.25, 0.3) is 0 Å². The number of para-hydroxylation sites is 2. The molecule has 0 spiro atoms. The largest absolute Gasteiger partial charge is 0.433 e. The van der Waals surface area contributed by atoms with Crippen LogP contribution in [-0.4, -0.2) is 11.6 Å². The van der Waals surface area contributed by atoms with Gasteiger partial charge in [-0.2, -0.15) is 8.78 Å². The third-order valence-corrected chi connectivity index (χ3v) is 2.56. The van der Waals surface area contributed by atoms with E-state index in [2.05, 4.69) is 15.0 Å². The third kappa shape index (κ3) is 3.91. The van der Waals surface area contributed by atoms with Gasteiger partial charge in [-0.15, -0.1) is 0 Å². The van der Waals surface area contributed by atoms with E-state index in [1.54, 1.807) is 24.4 Å². The van der Waals surface area contributed by atoms with Crippen molar-refractivity contribution in [1.29, 1.82) is 0 Å². The molecule has 0 bridgehead atoms. The topological polar surface area (TPSA) is 34.1 Å². The molecule has 2 rings (SSSR count). The van der Waals surface area contributed by atoms with E-state index in [1.165, 1.54) is 6.07 Å². The average molecular weight is 264 g/mol. The zero-order valence-corrected chi connectivity index (χ0v) is 10.4. The Labute approximate surface area is 110 Å². The number of nitrogens with zero attached hydrogens (tertiary/aromatic N) is 1. The van der Waals surface area contributed by atoms with Crippen molar-refractivity contribution >= 4 is 5.69 Å². The van der Waals surface area contributed by atoms with E-state index in [4.69, 9.17) is 0 Å². The fourth-order valence-corrected chi connectivity index (χ4v) is 1.61. The summed E-state index contributed by atoms with van der Waals surface area (Å²) in [6.45, 7) is -0.427. The third-order valence-electron chi connectivity index (χ3n) is 2.56. The van der Waals surface area contributed by atoms with Crippen molar-refractivity contribution in [1.82, 2.24) is 4.98 Å². The number of pyridine rings is 1. The summed E-state index contributed by atoms with van der Waals surface area (Å²) in [5.74, 6) is 0.137. The molecule has 0 fully saturated rings. The number of ether oxygens (including phenoxy) is 1. The number of alkyl halides is 2. The van der Waals surface area contributed by atoms with Gasteiger partial charge in [0.1, 0.15) is 5.75 Å². The predicted molar refractivity (Wildman–Crippen MR) is 69.4 cm³/mol. The zero-order chi connectivity index (χ0) is 13.7. The van der Waals surface area contributed by atoms with Crippen LogP contribution in [0, 0.1) is 6.92 Å². The Bertz CT molecular complexity index is 529. The van der Waals surface area contributed by atoms with Crippen LogP contribution in [0.5, 0.6) is 5.75 Å². The minimum absolute atomic E-state index is 0.137. The summed E-state index contributed by atoms with van der Waals surface area (Å²) in [6, 6.07) is 10.4. The van der Waals surface area contributed by atoms with E-state index in [-0.39, 0.29) is 5.75 Å². The minimum Gasteiger partial charge on any atom is -0.433 e. The Balaban J connectivity index is 2.04. The molecule has 0 unspecified atom stereocenters. The molecule has 100 valence electrons. The van der Waals surface area contributed by atoms with E-state index in [1.807, 2.05) is 19.1 Å². The van der Waals surface area contributed by atoms with E-state index < -0.39 is 6.61 Å². The first-order valence-electron chi connectivity index (χ1n) is 5.84. The van der Waals surface area contributed by atoms with Gasteiger partial charge in [-0.1, -0.05) is 18.2 Å². The minimum atomic E-state index is -2.83. The summed E-state index contributed by atoms with van der Waals surface area (Å²) in [5, 5.41) is 3.06. The van der Waals surface area contributed by atoms with E-state index in [9.17, 15) is 8.78 Å². The molecule has 1 aromatic heterocycles. The maximum Gasteiger partial charge on any atom is 0.387 e. The van der Waals surface area contributed by atoms with Crippen molar-refractivity contribution in [3.8, 4) is 5.75 Å². The van der Waals surface area contributed by atoms with Gasteiger partial charge in [0, 0.05) is 18.4 Å². The van der Waals surface area contributed by atoms with Crippen LogP contribution in [0.25, 0.3) is 0 Å². The normalized spacial score (nSPS) is 10.5. The second-order valence-electron chi connectivity index (χ2n) is 4.04. The van der Waals surface area contributed by atoms with Gasteiger partial charge in [-0.25, -0.2) is 0 Å². The lowest BCUT2D eigenvalue weighted by Gasteiger charge is -2.12. The van der Waals surface area contributed by atoms with E-state index >= 15 is 0 Å². The molecule has 1 heterocycles. The van der Waals surface area contributed by atoms with Crippen molar-refractivity contribution in [3.63, 3.8) is 0 Å². The molecule has 3 nitrogen and oxygen atoms in total. The van der Waals surface area contributed by atoms with Crippen LogP contribution in [0.1, 0.15) is 11.3 Å². The molecule has 0 aliphatic carbocycles. The van der Waals surface area contributed by atoms with Crippen molar-refractivity contribution in [2.45, 2.75) is 20.1 Å². The van der Waals surface area contributed by atoms with E-state index in [0.717, 1.165) is 11.3 Å². The van der Waals surface area contributed by atoms with Gasteiger partial charge in [-0.3, -0.25) is 4.98 Å². The molecule has 0 saturated heterocycles. The fourth-order valence-electron chi connectivity index (χ4n) is 1.61. The lowest BCUT2D eigenvalue weighted by Crippen LogP contribution is -2.06. The highest BCUT2D eigenvalue weighted by Crippen LogP contribution is 2.25. The highest BCUT2D eigenvalue weighted by atomic mass is 19.3. The number of nitrogens with one attached hydrogen (secondary N) is 1. The van der Waals surface area contributed by atoms with E-state index in [0.29, 0.717) is 12.2 Å². The van der Waals surface area contributed by atoms with Crippen LogP contribution >= 0.6 is 0 Å². The van der Waals surface area contributed by atoms with Crippen molar-refractivity contribution in [2.24, 2.45) is 0 Å². The van der Waals surface area contributed by atoms with Crippen molar-refractivity contribution < 1.29 is 13.5 Å². The molecule has 1 N–H and O–H groups in total. The van der Waals surface area contributed by atoms with Crippen LogP contribution in [0.3, 0.4) is 0 Å². The van der Waals surface area contributed by atoms with Crippen LogP contribution in [0.4, 0.5) is 14.5 Å². The van der Waals surface area contributed by atoms with Crippen molar-refractivity contribution in [3.05, 3.63) is 53.9 Å². The second kappa shape index (κ2) is 6.13.